The lowest BCUT2D eigenvalue weighted by atomic mass is 10.2. The first-order valence-corrected chi connectivity index (χ1v) is 8.05. The van der Waals surface area contributed by atoms with Crippen molar-refractivity contribution in [2.75, 3.05) is 16.8 Å². The zero-order chi connectivity index (χ0) is 17.7. The number of benzene rings is 1. The van der Waals surface area contributed by atoms with Crippen molar-refractivity contribution in [3.8, 4) is 0 Å². The maximum Gasteiger partial charge on any atom is 0.319 e. The number of rotatable bonds is 7. The molecule has 1 aliphatic rings. The molecule has 7 heteroatoms. The molecule has 0 heterocycles. The average Bonchev–Trinajstić information content (AvgIpc) is 3.21. The predicted octanol–water partition coefficient (Wildman–Crippen LogP) is 2.43. The van der Waals surface area contributed by atoms with Gasteiger partial charge >= 0.3 is 12.0 Å². The van der Waals surface area contributed by atoms with E-state index in [1.165, 1.54) is 0 Å². The molecule has 3 N–H and O–H groups in total. The van der Waals surface area contributed by atoms with Gasteiger partial charge in [-0.15, -0.1) is 0 Å². The Bertz CT molecular complexity index is 615. The molecule has 1 fully saturated rings. The molecule has 0 spiro atoms. The van der Waals surface area contributed by atoms with Crippen LogP contribution in [-0.4, -0.2) is 35.6 Å². The number of carboxylic acid groups (broad SMARTS) is 1. The van der Waals surface area contributed by atoms with E-state index in [0.717, 1.165) is 12.1 Å². The van der Waals surface area contributed by atoms with Gasteiger partial charge in [0.2, 0.25) is 5.91 Å². The zero-order valence-corrected chi connectivity index (χ0v) is 13.9. The van der Waals surface area contributed by atoms with Gasteiger partial charge in [-0.05, 0) is 43.0 Å². The molecule has 0 aliphatic heterocycles. The smallest absolute Gasteiger partial charge is 0.319 e. The van der Waals surface area contributed by atoms with Gasteiger partial charge in [0.1, 0.15) is 0 Å². The standard InChI is InChI=1S/C17H23N3O4/c1-11-10-15(11)20(12(2)21)14-7-5-13(6-8-14)19-17(24)18-9-3-4-16(22)23/h5-8,11,15H,3-4,9-10H2,1-2H3,(H,22,23)(H2,18,19,24). The van der Waals surface area contributed by atoms with Crippen molar-refractivity contribution in [1.82, 2.24) is 5.32 Å². The van der Waals surface area contributed by atoms with E-state index in [0.29, 0.717) is 24.6 Å². The Morgan fingerprint density at radius 1 is 1.25 bits per heavy atom. The van der Waals surface area contributed by atoms with Gasteiger partial charge in [0.15, 0.2) is 0 Å². The zero-order valence-electron chi connectivity index (χ0n) is 13.9. The van der Waals surface area contributed by atoms with E-state index in [4.69, 9.17) is 5.11 Å². The second-order valence-corrected chi connectivity index (χ2v) is 6.09. The second kappa shape index (κ2) is 7.81. The van der Waals surface area contributed by atoms with Crippen LogP contribution in [0.15, 0.2) is 24.3 Å². The number of carbonyl (C=O) groups is 3. The van der Waals surface area contributed by atoms with Crippen molar-refractivity contribution in [2.45, 2.75) is 39.2 Å². The molecule has 3 amide bonds. The monoisotopic (exact) mass is 333 g/mol. The van der Waals surface area contributed by atoms with Gasteiger partial charge in [0.25, 0.3) is 0 Å². The summed E-state index contributed by atoms with van der Waals surface area (Å²) in [5.74, 6) is -0.350. The molecule has 1 saturated carbocycles. The van der Waals surface area contributed by atoms with E-state index >= 15 is 0 Å². The van der Waals surface area contributed by atoms with Gasteiger partial charge in [-0.1, -0.05) is 6.92 Å². The Labute approximate surface area is 141 Å². The third-order valence-electron chi connectivity index (χ3n) is 3.99. The van der Waals surface area contributed by atoms with E-state index < -0.39 is 5.97 Å². The largest absolute Gasteiger partial charge is 0.481 e. The van der Waals surface area contributed by atoms with E-state index in [2.05, 4.69) is 17.6 Å². The molecule has 1 aromatic rings. The molecule has 24 heavy (non-hydrogen) atoms. The van der Waals surface area contributed by atoms with Crippen molar-refractivity contribution in [2.24, 2.45) is 5.92 Å². The number of carboxylic acids is 1. The van der Waals surface area contributed by atoms with Crippen molar-refractivity contribution >= 4 is 29.3 Å². The first kappa shape index (κ1) is 17.8. The van der Waals surface area contributed by atoms with Crippen LogP contribution < -0.4 is 15.5 Å². The minimum absolute atomic E-state index is 0.0150. The summed E-state index contributed by atoms with van der Waals surface area (Å²) in [6, 6.07) is 7.00. The van der Waals surface area contributed by atoms with Crippen LogP contribution in [0.1, 0.15) is 33.1 Å². The minimum atomic E-state index is -0.882. The Morgan fingerprint density at radius 2 is 1.88 bits per heavy atom. The van der Waals surface area contributed by atoms with Gasteiger partial charge in [-0.25, -0.2) is 4.79 Å². The number of hydrogen-bond acceptors (Lipinski definition) is 3. The fourth-order valence-corrected chi connectivity index (χ4v) is 2.59. The number of aliphatic carboxylic acids is 1. The minimum Gasteiger partial charge on any atom is -0.481 e. The highest BCUT2D eigenvalue weighted by Gasteiger charge is 2.40. The highest BCUT2D eigenvalue weighted by atomic mass is 16.4. The Morgan fingerprint density at radius 3 is 2.38 bits per heavy atom. The Balaban J connectivity index is 1.86. The quantitative estimate of drug-likeness (QED) is 0.667. The number of hydrogen-bond donors (Lipinski definition) is 3. The number of urea groups is 1. The van der Waals surface area contributed by atoms with Gasteiger partial charge in [0, 0.05) is 37.3 Å². The lowest BCUT2D eigenvalue weighted by molar-refractivity contribution is -0.137. The maximum atomic E-state index is 11.8. The van der Waals surface area contributed by atoms with Crippen LogP contribution in [0.2, 0.25) is 0 Å². The topological polar surface area (TPSA) is 98.7 Å². The fraction of sp³-hybridized carbons (Fsp3) is 0.471. The van der Waals surface area contributed by atoms with Crippen LogP contribution in [0.5, 0.6) is 0 Å². The molecule has 0 radical (unpaired) electrons. The van der Waals surface area contributed by atoms with Gasteiger partial charge in [0.05, 0.1) is 0 Å². The van der Waals surface area contributed by atoms with Crippen LogP contribution in [0.25, 0.3) is 0 Å². The highest BCUT2D eigenvalue weighted by Crippen LogP contribution is 2.38. The molecular weight excluding hydrogens is 310 g/mol. The number of nitrogens with one attached hydrogen (secondary N) is 2. The molecule has 1 aromatic carbocycles. The molecule has 130 valence electrons. The summed E-state index contributed by atoms with van der Waals surface area (Å²) in [5.41, 5.74) is 1.44. The predicted molar refractivity (Wildman–Crippen MR) is 91.1 cm³/mol. The molecule has 7 nitrogen and oxygen atoms in total. The van der Waals surface area contributed by atoms with Crippen molar-refractivity contribution in [3.05, 3.63) is 24.3 Å². The van der Waals surface area contributed by atoms with E-state index in [1.807, 2.05) is 12.1 Å². The average molecular weight is 333 g/mol. The Kier molecular flexibility index (Phi) is 5.78. The molecule has 1 aliphatic carbocycles. The van der Waals surface area contributed by atoms with Crippen LogP contribution in [-0.2, 0) is 9.59 Å². The third kappa shape index (κ3) is 4.97. The highest BCUT2D eigenvalue weighted by molar-refractivity contribution is 5.94. The van der Waals surface area contributed by atoms with Crippen LogP contribution in [0.4, 0.5) is 16.2 Å². The van der Waals surface area contributed by atoms with Gasteiger partial charge in [-0.3, -0.25) is 9.59 Å². The number of anilines is 2. The summed E-state index contributed by atoms with van der Waals surface area (Å²) in [4.78, 5) is 35.7. The summed E-state index contributed by atoms with van der Waals surface area (Å²) in [6.45, 7) is 3.97. The SMILES string of the molecule is CC(=O)N(c1ccc(NC(=O)NCCCC(=O)O)cc1)C1CC1C. The van der Waals surface area contributed by atoms with Crippen LogP contribution in [0.3, 0.4) is 0 Å². The van der Waals surface area contributed by atoms with E-state index in [-0.39, 0.29) is 24.4 Å². The lowest BCUT2D eigenvalue weighted by Crippen LogP contribution is -2.32. The summed E-state index contributed by atoms with van der Waals surface area (Å²) in [5, 5.41) is 13.8. The number of amides is 3. The molecule has 0 bridgehead atoms. The number of nitrogens with zero attached hydrogens (tertiary/aromatic N) is 1. The van der Waals surface area contributed by atoms with Gasteiger partial charge < -0.3 is 20.6 Å². The maximum absolute atomic E-state index is 11.8. The first-order chi connectivity index (χ1) is 11.4. The molecular formula is C17H23N3O4. The summed E-state index contributed by atoms with van der Waals surface area (Å²) in [7, 11) is 0. The van der Waals surface area contributed by atoms with Crippen LogP contribution in [0, 0.1) is 5.92 Å². The molecule has 2 rings (SSSR count). The molecule has 0 saturated heterocycles. The second-order valence-electron chi connectivity index (χ2n) is 6.09. The summed E-state index contributed by atoms with van der Waals surface area (Å²) < 4.78 is 0. The van der Waals surface area contributed by atoms with Crippen LogP contribution >= 0.6 is 0 Å². The lowest BCUT2D eigenvalue weighted by Gasteiger charge is -2.21. The Hall–Kier alpha value is -2.57. The molecule has 0 aromatic heterocycles. The molecule has 2 unspecified atom stereocenters. The van der Waals surface area contributed by atoms with E-state index in [1.54, 1.807) is 24.0 Å². The third-order valence-corrected chi connectivity index (χ3v) is 3.99. The van der Waals surface area contributed by atoms with Crippen molar-refractivity contribution < 1.29 is 19.5 Å². The van der Waals surface area contributed by atoms with Crippen molar-refractivity contribution in [3.63, 3.8) is 0 Å². The van der Waals surface area contributed by atoms with Crippen molar-refractivity contribution in [1.29, 1.82) is 0 Å². The summed E-state index contributed by atoms with van der Waals surface area (Å²) >= 11 is 0. The summed E-state index contributed by atoms with van der Waals surface area (Å²) in [6.07, 6.45) is 1.42. The first-order valence-electron chi connectivity index (χ1n) is 8.05. The number of carbonyl (C=O) groups excluding carboxylic acids is 2. The molecule has 2 atom stereocenters. The normalized spacial score (nSPS) is 18.6. The van der Waals surface area contributed by atoms with Gasteiger partial charge in [-0.2, -0.15) is 0 Å². The fourth-order valence-electron chi connectivity index (χ4n) is 2.59. The van der Waals surface area contributed by atoms with E-state index in [9.17, 15) is 14.4 Å².